The van der Waals surface area contributed by atoms with Crippen molar-refractivity contribution in [3.63, 3.8) is 0 Å². The molecule has 86 valence electrons. The highest BCUT2D eigenvalue weighted by molar-refractivity contribution is 6.01. The van der Waals surface area contributed by atoms with Crippen molar-refractivity contribution in [2.24, 2.45) is 16.8 Å². The molecule has 16 heavy (non-hydrogen) atoms. The Morgan fingerprint density at radius 3 is 2.88 bits per heavy atom. The molecule has 1 aliphatic carbocycles. The van der Waals surface area contributed by atoms with Crippen LogP contribution in [0.15, 0.2) is 39.5 Å². The van der Waals surface area contributed by atoms with Crippen molar-refractivity contribution in [2.45, 2.75) is 33.6 Å². The summed E-state index contributed by atoms with van der Waals surface area (Å²) in [7, 11) is 0. The average molecular weight is 217 g/mol. The van der Waals surface area contributed by atoms with E-state index in [1.165, 1.54) is 17.7 Å². The van der Waals surface area contributed by atoms with Crippen LogP contribution in [-0.2, 0) is 0 Å². The molecule has 0 aliphatic heterocycles. The summed E-state index contributed by atoms with van der Waals surface area (Å²) in [4.78, 5) is 4.57. The third kappa shape index (κ3) is 2.43. The van der Waals surface area contributed by atoms with Crippen LogP contribution in [0.1, 0.15) is 33.6 Å². The lowest BCUT2D eigenvalue weighted by Gasteiger charge is -2.25. The average Bonchev–Trinajstić information content (AvgIpc) is 2.73. The maximum Gasteiger partial charge on any atom is 0.218 e. The number of nitrogens with zero attached hydrogens (tertiary/aromatic N) is 1. The molecule has 0 aromatic carbocycles. The first kappa shape index (κ1) is 11.2. The molecule has 0 saturated carbocycles. The van der Waals surface area contributed by atoms with E-state index in [0.29, 0.717) is 11.8 Å². The number of allylic oxidation sites excluding steroid dienone is 2. The molecule has 1 atom stereocenters. The molecule has 2 rings (SSSR count). The Kier molecular flexibility index (Phi) is 3.28. The van der Waals surface area contributed by atoms with Crippen molar-refractivity contribution in [1.82, 2.24) is 0 Å². The molecule has 2 nitrogen and oxygen atoms in total. The molecular formula is C14H19NO. The monoisotopic (exact) mass is 217 g/mol. The standard InChI is InChI=1S/C14H19NO/c1-10(2)12-7-6-11(3)13(9-12)15-14-5-4-8-16-14/h4-6,8,10,12H,7,9H2,1-3H3/b15-13+/t12-/m1/s1. The number of furan rings is 1. The summed E-state index contributed by atoms with van der Waals surface area (Å²) >= 11 is 0. The van der Waals surface area contributed by atoms with Gasteiger partial charge in [0.05, 0.1) is 6.26 Å². The van der Waals surface area contributed by atoms with Gasteiger partial charge in [-0.05, 0) is 43.2 Å². The molecule has 0 unspecified atom stereocenters. The first-order chi connectivity index (χ1) is 7.66. The van der Waals surface area contributed by atoms with E-state index < -0.39 is 0 Å². The minimum absolute atomic E-state index is 0.714. The second-order valence-corrected chi connectivity index (χ2v) is 4.84. The van der Waals surface area contributed by atoms with Gasteiger partial charge in [0.25, 0.3) is 0 Å². The van der Waals surface area contributed by atoms with Crippen molar-refractivity contribution in [3.05, 3.63) is 30.0 Å². The van der Waals surface area contributed by atoms with Crippen LogP contribution >= 0.6 is 0 Å². The van der Waals surface area contributed by atoms with Crippen LogP contribution in [0.5, 0.6) is 0 Å². The van der Waals surface area contributed by atoms with Gasteiger partial charge in [-0.3, -0.25) is 0 Å². The first-order valence-corrected chi connectivity index (χ1v) is 5.95. The molecule has 1 aromatic heterocycles. The molecule has 0 bridgehead atoms. The maximum absolute atomic E-state index is 5.27. The molecule has 0 fully saturated rings. The van der Waals surface area contributed by atoms with E-state index in [1.807, 2.05) is 12.1 Å². The highest BCUT2D eigenvalue weighted by Crippen LogP contribution is 2.29. The zero-order valence-electron chi connectivity index (χ0n) is 10.2. The van der Waals surface area contributed by atoms with Crippen molar-refractivity contribution in [1.29, 1.82) is 0 Å². The Balaban J connectivity index is 2.20. The Bertz CT molecular complexity index is 398. The topological polar surface area (TPSA) is 25.5 Å². The van der Waals surface area contributed by atoms with Gasteiger partial charge in [-0.1, -0.05) is 19.9 Å². The minimum atomic E-state index is 0.714. The fraction of sp³-hybridized carbons (Fsp3) is 0.500. The summed E-state index contributed by atoms with van der Waals surface area (Å²) in [5.74, 6) is 2.15. The fourth-order valence-corrected chi connectivity index (χ4v) is 2.05. The summed E-state index contributed by atoms with van der Waals surface area (Å²) in [5, 5.41) is 0. The molecule has 0 radical (unpaired) electrons. The summed E-state index contributed by atoms with van der Waals surface area (Å²) in [6, 6.07) is 3.78. The van der Waals surface area contributed by atoms with Crippen molar-refractivity contribution in [2.75, 3.05) is 0 Å². The minimum Gasteiger partial charge on any atom is -0.447 e. The van der Waals surface area contributed by atoms with Gasteiger partial charge in [-0.2, -0.15) is 0 Å². The number of rotatable bonds is 2. The van der Waals surface area contributed by atoms with Crippen LogP contribution in [0.4, 0.5) is 5.88 Å². The largest absolute Gasteiger partial charge is 0.447 e. The third-order valence-corrected chi connectivity index (χ3v) is 3.33. The molecule has 0 spiro atoms. The van der Waals surface area contributed by atoms with Crippen molar-refractivity contribution >= 4 is 11.6 Å². The lowest BCUT2D eigenvalue weighted by molar-refractivity contribution is 0.395. The van der Waals surface area contributed by atoms with Crippen molar-refractivity contribution in [3.8, 4) is 0 Å². The molecule has 1 heterocycles. The zero-order chi connectivity index (χ0) is 11.5. The number of hydrogen-bond donors (Lipinski definition) is 0. The van der Waals surface area contributed by atoms with E-state index in [1.54, 1.807) is 6.26 Å². The molecular weight excluding hydrogens is 198 g/mol. The van der Waals surface area contributed by atoms with Gasteiger partial charge in [-0.15, -0.1) is 0 Å². The van der Waals surface area contributed by atoms with E-state index in [2.05, 4.69) is 31.8 Å². The SMILES string of the molecule is CC1=CC[C@@H](C(C)C)C/C1=N\c1ccco1. The Labute approximate surface area is 97.1 Å². The maximum atomic E-state index is 5.27. The first-order valence-electron chi connectivity index (χ1n) is 5.95. The van der Waals surface area contributed by atoms with Gasteiger partial charge in [0.1, 0.15) is 0 Å². The quantitative estimate of drug-likeness (QED) is 0.722. The van der Waals surface area contributed by atoms with Crippen LogP contribution in [-0.4, -0.2) is 5.71 Å². The van der Waals surface area contributed by atoms with E-state index in [0.717, 1.165) is 12.3 Å². The van der Waals surface area contributed by atoms with Crippen LogP contribution in [0.25, 0.3) is 0 Å². The van der Waals surface area contributed by atoms with Crippen LogP contribution in [0, 0.1) is 11.8 Å². The van der Waals surface area contributed by atoms with Gasteiger partial charge in [0.2, 0.25) is 5.88 Å². The Hall–Kier alpha value is -1.31. The summed E-state index contributed by atoms with van der Waals surface area (Å²) in [6.07, 6.45) is 6.22. The van der Waals surface area contributed by atoms with Crippen molar-refractivity contribution < 1.29 is 4.42 Å². The van der Waals surface area contributed by atoms with Gasteiger partial charge >= 0.3 is 0 Å². The lowest BCUT2D eigenvalue weighted by Crippen LogP contribution is -2.18. The smallest absolute Gasteiger partial charge is 0.218 e. The third-order valence-electron chi connectivity index (χ3n) is 3.33. The highest BCUT2D eigenvalue weighted by Gasteiger charge is 2.20. The highest BCUT2D eigenvalue weighted by atomic mass is 16.3. The van der Waals surface area contributed by atoms with Gasteiger partial charge in [-0.25, -0.2) is 4.99 Å². The van der Waals surface area contributed by atoms with E-state index in [9.17, 15) is 0 Å². The van der Waals surface area contributed by atoms with Crippen LogP contribution in [0.3, 0.4) is 0 Å². The second-order valence-electron chi connectivity index (χ2n) is 4.84. The van der Waals surface area contributed by atoms with Gasteiger partial charge in [0, 0.05) is 11.8 Å². The molecule has 2 heteroatoms. The van der Waals surface area contributed by atoms with Crippen LogP contribution in [0.2, 0.25) is 0 Å². The van der Waals surface area contributed by atoms with E-state index in [4.69, 9.17) is 4.42 Å². The molecule has 1 aliphatic rings. The Morgan fingerprint density at radius 1 is 1.44 bits per heavy atom. The lowest BCUT2D eigenvalue weighted by atomic mass is 9.81. The summed E-state index contributed by atoms with van der Waals surface area (Å²) < 4.78 is 5.27. The molecule has 0 amide bonds. The van der Waals surface area contributed by atoms with Gasteiger partial charge in [0.15, 0.2) is 0 Å². The number of hydrogen-bond acceptors (Lipinski definition) is 2. The summed E-state index contributed by atoms with van der Waals surface area (Å²) in [5.41, 5.74) is 2.48. The second kappa shape index (κ2) is 4.69. The zero-order valence-corrected chi connectivity index (χ0v) is 10.2. The molecule has 0 saturated heterocycles. The fourth-order valence-electron chi connectivity index (χ4n) is 2.05. The predicted molar refractivity (Wildman–Crippen MR) is 67.1 cm³/mol. The summed E-state index contributed by atoms with van der Waals surface area (Å²) in [6.45, 7) is 6.70. The molecule has 0 N–H and O–H groups in total. The van der Waals surface area contributed by atoms with E-state index in [-0.39, 0.29) is 0 Å². The number of aliphatic imine (C=N–C) groups is 1. The predicted octanol–water partition coefficient (Wildman–Crippen LogP) is 4.36. The molecule has 1 aromatic rings. The van der Waals surface area contributed by atoms with E-state index >= 15 is 0 Å². The normalized spacial score (nSPS) is 23.9. The van der Waals surface area contributed by atoms with Crippen LogP contribution < -0.4 is 0 Å². The Morgan fingerprint density at radius 2 is 2.25 bits per heavy atom. The van der Waals surface area contributed by atoms with Gasteiger partial charge < -0.3 is 4.42 Å².